The van der Waals surface area contributed by atoms with E-state index >= 15 is 0 Å². The van der Waals surface area contributed by atoms with Gasteiger partial charge in [0.2, 0.25) is 5.91 Å². The first-order chi connectivity index (χ1) is 5.55. The highest BCUT2D eigenvalue weighted by Gasteiger charge is 2.29. The number of rotatable bonds is 2. The normalized spacial score (nSPS) is 22.5. The van der Waals surface area contributed by atoms with E-state index in [4.69, 9.17) is 0 Å². The maximum Gasteiger partial charge on any atom is 0.236 e. The second kappa shape index (κ2) is 3.27. The summed E-state index contributed by atoms with van der Waals surface area (Å²) in [6.07, 6.45) is 1.76. The molecule has 0 aliphatic carbocycles. The number of amides is 1. The maximum atomic E-state index is 11.3. The van der Waals surface area contributed by atoms with Crippen molar-refractivity contribution in [2.45, 2.75) is 19.4 Å². The molecule has 0 radical (unpaired) electrons. The van der Waals surface area contributed by atoms with Crippen LogP contribution < -0.4 is 5.32 Å². The summed E-state index contributed by atoms with van der Waals surface area (Å²) < 4.78 is 0. The van der Waals surface area contributed by atoms with Gasteiger partial charge in [-0.05, 0) is 13.8 Å². The first kappa shape index (κ1) is 9.26. The number of carbonyl (C=O) groups is 1. The molecule has 3 nitrogen and oxygen atoms in total. The average Bonchev–Trinajstić information content (AvgIpc) is 1.97. The monoisotopic (exact) mass is 168 g/mol. The van der Waals surface area contributed by atoms with Crippen molar-refractivity contribution in [2.75, 3.05) is 19.6 Å². The molecule has 0 aromatic carbocycles. The largest absolute Gasteiger partial charge is 0.336 e. The van der Waals surface area contributed by atoms with Crippen LogP contribution in [-0.4, -0.2) is 36.0 Å². The Hall–Kier alpha value is -0.830. The summed E-state index contributed by atoms with van der Waals surface area (Å²) in [7, 11) is 0. The van der Waals surface area contributed by atoms with E-state index in [0.717, 1.165) is 6.54 Å². The van der Waals surface area contributed by atoms with Gasteiger partial charge >= 0.3 is 0 Å². The Kier molecular flexibility index (Phi) is 2.52. The van der Waals surface area contributed by atoms with Gasteiger partial charge in [-0.2, -0.15) is 0 Å². The Balaban J connectivity index is 2.59. The van der Waals surface area contributed by atoms with Gasteiger partial charge < -0.3 is 10.2 Å². The first-order valence-electron chi connectivity index (χ1n) is 4.19. The molecule has 0 aromatic heterocycles. The van der Waals surface area contributed by atoms with E-state index in [1.165, 1.54) is 0 Å². The van der Waals surface area contributed by atoms with Crippen LogP contribution in [0.2, 0.25) is 0 Å². The lowest BCUT2D eigenvalue weighted by molar-refractivity contribution is -0.133. The van der Waals surface area contributed by atoms with Crippen LogP contribution in [0.3, 0.4) is 0 Å². The maximum absolute atomic E-state index is 11.3. The summed E-state index contributed by atoms with van der Waals surface area (Å²) in [4.78, 5) is 13.1. The van der Waals surface area contributed by atoms with E-state index in [0.29, 0.717) is 13.1 Å². The van der Waals surface area contributed by atoms with Crippen LogP contribution in [0.4, 0.5) is 0 Å². The summed E-state index contributed by atoms with van der Waals surface area (Å²) >= 11 is 0. The third-order valence-corrected chi connectivity index (χ3v) is 2.01. The molecule has 0 atom stereocenters. The molecule has 0 saturated carbocycles. The Labute approximate surface area is 73.4 Å². The third-order valence-electron chi connectivity index (χ3n) is 2.01. The van der Waals surface area contributed by atoms with E-state index < -0.39 is 0 Å². The van der Waals surface area contributed by atoms with Crippen molar-refractivity contribution in [3.05, 3.63) is 12.7 Å². The molecule has 0 bridgehead atoms. The van der Waals surface area contributed by atoms with Crippen LogP contribution in [0.1, 0.15) is 13.8 Å². The summed E-state index contributed by atoms with van der Waals surface area (Å²) in [6.45, 7) is 9.67. The standard InChI is InChI=1S/C9H16N2O/c1-4-5-11-7-9(2,3)10-6-8(11)12/h4,10H,1,5-7H2,2-3H3. The average molecular weight is 168 g/mol. The van der Waals surface area contributed by atoms with Gasteiger partial charge in [-0.15, -0.1) is 6.58 Å². The first-order valence-corrected chi connectivity index (χ1v) is 4.19. The van der Waals surface area contributed by atoms with Gasteiger partial charge in [0.25, 0.3) is 0 Å². The van der Waals surface area contributed by atoms with E-state index in [2.05, 4.69) is 25.7 Å². The van der Waals surface area contributed by atoms with Gasteiger partial charge in [-0.25, -0.2) is 0 Å². The fourth-order valence-electron chi connectivity index (χ4n) is 1.37. The molecule has 1 rings (SSSR count). The van der Waals surface area contributed by atoms with E-state index in [1.807, 2.05) is 4.90 Å². The lowest BCUT2D eigenvalue weighted by Crippen LogP contribution is -2.59. The Morgan fingerprint density at radius 2 is 2.42 bits per heavy atom. The zero-order valence-corrected chi connectivity index (χ0v) is 7.76. The van der Waals surface area contributed by atoms with E-state index in [9.17, 15) is 4.79 Å². The Morgan fingerprint density at radius 3 is 3.00 bits per heavy atom. The SMILES string of the molecule is C=CCN1CC(C)(C)NCC1=O. The number of hydrogen-bond donors (Lipinski definition) is 1. The molecule has 12 heavy (non-hydrogen) atoms. The molecule has 0 aromatic rings. The van der Waals surface area contributed by atoms with Crippen LogP contribution in [0.5, 0.6) is 0 Å². The van der Waals surface area contributed by atoms with E-state index in [-0.39, 0.29) is 11.4 Å². The van der Waals surface area contributed by atoms with Crippen molar-refractivity contribution in [1.82, 2.24) is 10.2 Å². The molecule has 3 heteroatoms. The van der Waals surface area contributed by atoms with Gasteiger partial charge in [-0.1, -0.05) is 6.08 Å². The quantitative estimate of drug-likeness (QED) is 0.605. The molecule has 0 unspecified atom stereocenters. The molecule has 1 fully saturated rings. The molecule has 1 amide bonds. The molecular formula is C9H16N2O. The fourth-order valence-corrected chi connectivity index (χ4v) is 1.37. The smallest absolute Gasteiger partial charge is 0.236 e. The van der Waals surface area contributed by atoms with E-state index in [1.54, 1.807) is 6.08 Å². The minimum Gasteiger partial charge on any atom is -0.336 e. The highest BCUT2D eigenvalue weighted by molar-refractivity contribution is 5.79. The summed E-state index contributed by atoms with van der Waals surface area (Å²) in [5.41, 5.74) is 0.0386. The minimum absolute atomic E-state index is 0.0386. The molecule has 1 saturated heterocycles. The van der Waals surface area contributed by atoms with Crippen LogP contribution in [0.25, 0.3) is 0 Å². The molecule has 68 valence electrons. The van der Waals surface area contributed by atoms with Gasteiger partial charge in [0, 0.05) is 18.6 Å². The van der Waals surface area contributed by atoms with Gasteiger partial charge in [0.1, 0.15) is 0 Å². The molecular weight excluding hydrogens is 152 g/mol. The highest BCUT2D eigenvalue weighted by atomic mass is 16.2. The molecule has 1 heterocycles. The van der Waals surface area contributed by atoms with Crippen molar-refractivity contribution < 1.29 is 4.79 Å². The number of carbonyl (C=O) groups excluding carboxylic acids is 1. The highest BCUT2D eigenvalue weighted by Crippen LogP contribution is 2.10. The topological polar surface area (TPSA) is 32.3 Å². The van der Waals surface area contributed by atoms with Crippen LogP contribution in [-0.2, 0) is 4.79 Å². The summed E-state index contributed by atoms with van der Waals surface area (Å²) in [5, 5.41) is 3.17. The zero-order valence-electron chi connectivity index (χ0n) is 7.76. The number of nitrogens with zero attached hydrogens (tertiary/aromatic N) is 1. The lowest BCUT2D eigenvalue weighted by atomic mass is 10.0. The van der Waals surface area contributed by atoms with Gasteiger partial charge in [-0.3, -0.25) is 4.79 Å². The third kappa shape index (κ3) is 2.08. The number of piperazine rings is 1. The Bertz CT molecular complexity index is 199. The van der Waals surface area contributed by atoms with Crippen LogP contribution in [0, 0.1) is 0 Å². The van der Waals surface area contributed by atoms with Gasteiger partial charge in [0.15, 0.2) is 0 Å². The predicted molar refractivity (Wildman–Crippen MR) is 48.9 cm³/mol. The summed E-state index contributed by atoms with van der Waals surface area (Å²) in [6, 6.07) is 0. The van der Waals surface area contributed by atoms with Crippen LogP contribution in [0.15, 0.2) is 12.7 Å². The van der Waals surface area contributed by atoms with Crippen molar-refractivity contribution in [3.63, 3.8) is 0 Å². The number of nitrogens with one attached hydrogen (secondary N) is 1. The number of hydrogen-bond acceptors (Lipinski definition) is 2. The molecule has 0 spiro atoms. The lowest BCUT2D eigenvalue weighted by Gasteiger charge is -2.38. The van der Waals surface area contributed by atoms with Crippen LogP contribution >= 0.6 is 0 Å². The molecule has 1 aliphatic heterocycles. The molecule has 1 aliphatic rings. The van der Waals surface area contributed by atoms with Gasteiger partial charge in [0.05, 0.1) is 6.54 Å². The second-order valence-electron chi connectivity index (χ2n) is 3.80. The zero-order chi connectivity index (χ0) is 9.19. The van der Waals surface area contributed by atoms with Crippen molar-refractivity contribution in [2.24, 2.45) is 0 Å². The Morgan fingerprint density at radius 1 is 1.75 bits per heavy atom. The van der Waals surface area contributed by atoms with Crippen molar-refractivity contribution >= 4 is 5.91 Å². The predicted octanol–water partition coefficient (Wildman–Crippen LogP) is 0.383. The minimum atomic E-state index is 0.0386. The van der Waals surface area contributed by atoms with Crippen molar-refractivity contribution in [1.29, 1.82) is 0 Å². The van der Waals surface area contributed by atoms with Crippen molar-refractivity contribution in [3.8, 4) is 0 Å². The summed E-state index contributed by atoms with van der Waals surface area (Å²) in [5.74, 6) is 0.161. The fraction of sp³-hybridized carbons (Fsp3) is 0.667. The second-order valence-corrected chi connectivity index (χ2v) is 3.80. The molecule has 1 N–H and O–H groups in total.